The monoisotopic (exact) mass is 222 g/mol. The van der Waals surface area contributed by atoms with Gasteiger partial charge in [-0.25, -0.2) is 20.4 Å². The minimum atomic E-state index is 0.750. The second-order valence-corrected chi connectivity index (χ2v) is 2.37. The van der Waals surface area contributed by atoms with Crippen LogP contribution in [0.25, 0.3) is 0 Å². The van der Waals surface area contributed by atoms with Crippen LogP contribution >= 0.6 is 0 Å². The molecular weight excluding hydrogens is 208 g/mol. The Bertz CT molecular complexity index is 301. The molecule has 1 rings (SSSR count). The first-order chi connectivity index (χ1) is 7.76. The van der Waals surface area contributed by atoms with Crippen molar-refractivity contribution in [2.45, 2.75) is 13.3 Å². The van der Waals surface area contributed by atoms with Crippen LogP contribution in [0, 0.1) is 10.8 Å². The van der Waals surface area contributed by atoms with Gasteiger partial charge < -0.3 is 4.74 Å². The van der Waals surface area contributed by atoms with Gasteiger partial charge in [-0.1, -0.05) is 25.1 Å². The summed E-state index contributed by atoms with van der Waals surface area (Å²) in [6.07, 6.45) is 2.56. The van der Waals surface area contributed by atoms with Crippen molar-refractivity contribution in [3.63, 3.8) is 0 Å². The summed E-state index contributed by atoms with van der Waals surface area (Å²) in [6.45, 7) is 2.91. The highest BCUT2D eigenvalue weighted by Gasteiger charge is 1.86. The van der Waals surface area contributed by atoms with Crippen LogP contribution in [0.3, 0.4) is 0 Å². The van der Waals surface area contributed by atoms with E-state index in [2.05, 4.69) is 6.92 Å². The summed E-state index contributed by atoms with van der Waals surface area (Å²) in [5.74, 6) is 0.962. The second kappa shape index (κ2) is 15.3. The van der Waals surface area contributed by atoms with Crippen LogP contribution < -0.4 is 4.74 Å². The van der Waals surface area contributed by atoms with E-state index in [0.29, 0.717) is 0 Å². The number of carbonyl (C=O) groups excluding carboxylic acids is 2. The maximum atomic E-state index is 8.35. The third kappa shape index (κ3) is 14.3. The van der Waals surface area contributed by atoms with E-state index < -0.39 is 0 Å². The van der Waals surface area contributed by atoms with Crippen molar-refractivity contribution in [2.75, 3.05) is 6.61 Å². The Balaban J connectivity index is 0. The number of rotatable bonds is 3. The zero-order valence-electron chi connectivity index (χ0n) is 9.03. The van der Waals surface area contributed by atoms with Gasteiger partial charge in [0.15, 0.2) is 0 Å². The van der Waals surface area contributed by atoms with Gasteiger partial charge >= 0.3 is 0 Å². The summed E-state index contributed by atoms with van der Waals surface area (Å²) in [7, 11) is 0. The van der Waals surface area contributed by atoms with Crippen molar-refractivity contribution in [3.8, 4) is 5.75 Å². The van der Waals surface area contributed by atoms with Gasteiger partial charge in [0.1, 0.15) is 5.75 Å². The van der Waals surface area contributed by atoms with Gasteiger partial charge in [0, 0.05) is 0 Å². The number of benzene rings is 1. The average molecular weight is 222 g/mol. The van der Waals surface area contributed by atoms with Crippen LogP contribution in [0.4, 0.5) is 0 Å². The van der Waals surface area contributed by atoms with Gasteiger partial charge in [0.05, 0.1) is 6.61 Å². The molecule has 0 unspecified atom stereocenters. The second-order valence-electron chi connectivity index (χ2n) is 2.37. The Kier molecular flexibility index (Phi) is 15.5. The molecule has 0 spiro atoms. The molecule has 0 aliphatic rings. The molecule has 0 saturated carbocycles. The topological polar surface area (TPSA) is 91.1 Å². The first-order valence-electron chi connectivity index (χ1n) is 4.52. The molecule has 0 aliphatic heterocycles. The summed E-state index contributed by atoms with van der Waals surface area (Å²) < 4.78 is 5.36. The lowest BCUT2D eigenvalue weighted by molar-refractivity contribution is 0.317. The summed E-state index contributed by atoms with van der Waals surface area (Å²) in [4.78, 5) is 16.7. The van der Waals surface area contributed by atoms with E-state index in [9.17, 15) is 0 Å². The largest absolute Gasteiger partial charge is 0.494 e. The molecule has 0 aliphatic carbocycles. The lowest BCUT2D eigenvalue weighted by atomic mass is 10.3. The van der Waals surface area contributed by atoms with Gasteiger partial charge in [-0.05, 0) is 18.6 Å². The number of ether oxygens (including phenoxy) is 1. The van der Waals surface area contributed by atoms with Crippen molar-refractivity contribution < 1.29 is 14.3 Å². The highest BCUT2D eigenvalue weighted by atomic mass is 16.5. The molecule has 2 N–H and O–H groups in total. The van der Waals surface area contributed by atoms with E-state index in [4.69, 9.17) is 25.1 Å². The summed E-state index contributed by atoms with van der Waals surface area (Å²) in [5.41, 5.74) is 0. The Morgan fingerprint density at radius 2 is 1.56 bits per heavy atom. The minimum Gasteiger partial charge on any atom is -0.494 e. The Hall–Kier alpha value is -2.22. The van der Waals surface area contributed by atoms with Crippen LogP contribution in [0.15, 0.2) is 30.3 Å². The number of para-hydroxylation sites is 1. The van der Waals surface area contributed by atoms with Crippen molar-refractivity contribution in [2.24, 2.45) is 0 Å². The number of isocyanates is 2. The molecule has 0 bridgehead atoms. The van der Waals surface area contributed by atoms with Crippen molar-refractivity contribution in [1.82, 2.24) is 0 Å². The van der Waals surface area contributed by atoms with E-state index in [-0.39, 0.29) is 0 Å². The smallest absolute Gasteiger partial charge is 0.231 e. The first kappa shape index (κ1) is 16.2. The quantitative estimate of drug-likeness (QED) is 0.607. The molecule has 86 valence electrons. The third-order valence-corrected chi connectivity index (χ3v) is 1.22. The van der Waals surface area contributed by atoms with E-state index in [0.717, 1.165) is 30.9 Å². The summed E-state index contributed by atoms with van der Waals surface area (Å²) >= 11 is 0. The fraction of sp³-hybridized carbons (Fsp3) is 0.273. The lowest BCUT2D eigenvalue weighted by Gasteiger charge is -2.01. The maximum absolute atomic E-state index is 8.35. The molecule has 1 aromatic rings. The third-order valence-electron chi connectivity index (χ3n) is 1.22. The average Bonchev–Trinajstić information content (AvgIpc) is 2.30. The highest BCUT2D eigenvalue weighted by molar-refractivity contribution is 5.26. The van der Waals surface area contributed by atoms with Crippen LogP contribution in [0.2, 0.25) is 0 Å². The fourth-order valence-electron chi connectivity index (χ4n) is 0.737. The SMILES string of the molecule is CCCOc1ccccc1.N=C=O.N=C=O. The maximum Gasteiger partial charge on any atom is 0.231 e. The van der Waals surface area contributed by atoms with Gasteiger partial charge in [0.2, 0.25) is 12.2 Å². The van der Waals surface area contributed by atoms with Crippen molar-refractivity contribution in [3.05, 3.63) is 30.3 Å². The highest BCUT2D eigenvalue weighted by Crippen LogP contribution is 2.07. The Labute approximate surface area is 94.1 Å². The van der Waals surface area contributed by atoms with Crippen LogP contribution in [-0.2, 0) is 9.59 Å². The summed E-state index contributed by atoms with van der Waals surface area (Å²) in [5, 5.41) is 10.8. The van der Waals surface area contributed by atoms with Crippen molar-refractivity contribution in [1.29, 1.82) is 10.8 Å². The molecule has 0 atom stereocenters. The predicted molar refractivity (Wildman–Crippen MR) is 59.1 cm³/mol. The van der Waals surface area contributed by atoms with Crippen LogP contribution in [0.1, 0.15) is 13.3 Å². The predicted octanol–water partition coefficient (Wildman–Crippen LogP) is 2.28. The molecule has 0 fully saturated rings. The molecule has 0 saturated heterocycles. The zero-order valence-corrected chi connectivity index (χ0v) is 9.03. The number of hydrogen-bond donors (Lipinski definition) is 2. The normalized spacial score (nSPS) is 6.81. The molecule has 1 aromatic carbocycles. The van der Waals surface area contributed by atoms with Crippen LogP contribution in [0.5, 0.6) is 5.75 Å². The van der Waals surface area contributed by atoms with Crippen molar-refractivity contribution >= 4 is 12.2 Å². The molecule has 0 radical (unpaired) electrons. The fourth-order valence-corrected chi connectivity index (χ4v) is 0.737. The van der Waals surface area contributed by atoms with E-state index in [1.807, 2.05) is 30.3 Å². The van der Waals surface area contributed by atoms with E-state index in [1.165, 1.54) is 0 Å². The standard InChI is InChI=1S/C9H12O.2CHNO/c1-2-8-10-9-6-4-3-5-7-9;2*2-1-3/h3-7H,2,8H2,1H3;2*2H. The van der Waals surface area contributed by atoms with Gasteiger partial charge in [-0.15, -0.1) is 0 Å². The molecular formula is C11H14N2O3. The Morgan fingerprint density at radius 3 is 1.94 bits per heavy atom. The van der Waals surface area contributed by atoms with Gasteiger partial charge in [0.25, 0.3) is 0 Å². The molecule has 5 heteroatoms. The number of nitrogens with one attached hydrogen (secondary N) is 2. The summed E-state index contributed by atoms with van der Waals surface area (Å²) in [6, 6.07) is 9.88. The molecule has 0 heterocycles. The van der Waals surface area contributed by atoms with Crippen LogP contribution in [-0.4, -0.2) is 18.8 Å². The minimum absolute atomic E-state index is 0.750. The zero-order chi connectivity index (χ0) is 12.6. The first-order valence-corrected chi connectivity index (χ1v) is 4.52. The molecule has 16 heavy (non-hydrogen) atoms. The molecule has 5 nitrogen and oxygen atoms in total. The molecule has 0 aromatic heterocycles. The van der Waals surface area contributed by atoms with E-state index >= 15 is 0 Å². The molecule has 0 amide bonds. The lowest BCUT2D eigenvalue weighted by Crippen LogP contribution is -1.93. The Morgan fingerprint density at radius 1 is 1.12 bits per heavy atom. The van der Waals surface area contributed by atoms with Gasteiger partial charge in [-0.3, -0.25) is 0 Å². The number of hydrogen-bond acceptors (Lipinski definition) is 5. The van der Waals surface area contributed by atoms with Gasteiger partial charge in [-0.2, -0.15) is 0 Å². The van der Waals surface area contributed by atoms with E-state index in [1.54, 1.807) is 0 Å².